The van der Waals surface area contributed by atoms with Gasteiger partial charge in [-0.1, -0.05) is 12.1 Å². The van der Waals surface area contributed by atoms with Gasteiger partial charge in [-0.25, -0.2) is 0 Å². The molecule has 1 amide bonds. The monoisotopic (exact) mass is 406 g/mol. The average Bonchev–Trinajstić information content (AvgIpc) is 2.88. The lowest BCUT2D eigenvalue weighted by Crippen LogP contribution is -2.44. The molecule has 0 radical (unpaired) electrons. The molecule has 5 heteroatoms. The van der Waals surface area contributed by atoms with Crippen LogP contribution in [0.15, 0.2) is 24.3 Å². The molecule has 2 heterocycles. The van der Waals surface area contributed by atoms with Crippen LogP contribution in [0.25, 0.3) is 0 Å². The summed E-state index contributed by atoms with van der Waals surface area (Å²) < 4.78 is 1.05. The lowest BCUT2D eigenvalue weighted by Gasteiger charge is -2.39. The number of hydrogen-bond acceptors (Lipinski definition) is 2. The zero-order valence-corrected chi connectivity index (χ0v) is 14.4. The summed E-state index contributed by atoms with van der Waals surface area (Å²) >= 11 is 2.25. The maximum Gasteiger partial charge on any atom is 0.254 e. The van der Waals surface area contributed by atoms with Crippen LogP contribution in [-0.4, -0.2) is 37.0 Å². The van der Waals surface area contributed by atoms with Crippen molar-refractivity contribution in [3.8, 4) is 0 Å². The Morgan fingerprint density at radius 2 is 1.90 bits per heavy atom. The van der Waals surface area contributed by atoms with Crippen molar-refractivity contribution in [3.05, 3.63) is 33.4 Å². The minimum Gasteiger partial charge on any atom is -0.339 e. The van der Waals surface area contributed by atoms with Gasteiger partial charge in [0.1, 0.15) is 0 Å². The predicted octanol–water partition coefficient (Wildman–Crippen LogP) is 2.93. The third-order valence-corrected chi connectivity index (χ3v) is 5.49. The van der Waals surface area contributed by atoms with Crippen LogP contribution in [0.5, 0.6) is 0 Å². The molecule has 0 aliphatic carbocycles. The van der Waals surface area contributed by atoms with Crippen molar-refractivity contribution < 1.29 is 4.79 Å². The number of rotatable bonds is 1. The highest BCUT2D eigenvalue weighted by molar-refractivity contribution is 14.1. The molecule has 2 aliphatic rings. The Morgan fingerprint density at radius 1 is 1.20 bits per heavy atom. The number of piperidine rings is 1. The summed E-state index contributed by atoms with van der Waals surface area (Å²) in [5.74, 6) is 0.200. The van der Waals surface area contributed by atoms with E-state index in [9.17, 15) is 4.79 Å². The average molecular weight is 407 g/mol. The first-order valence-corrected chi connectivity index (χ1v) is 8.03. The molecule has 20 heavy (non-hydrogen) atoms. The first kappa shape index (κ1) is 16.0. The normalized spacial score (nSPS) is 20.8. The van der Waals surface area contributed by atoms with Crippen LogP contribution in [0, 0.1) is 8.99 Å². The van der Waals surface area contributed by atoms with Gasteiger partial charge >= 0.3 is 0 Å². The van der Waals surface area contributed by atoms with E-state index in [4.69, 9.17) is 0 Å². The van der Waals surface area contributed by atoms with Crippen molar-refractivity contribution in [2.75, 3.05) is 26.2 Å². The molecule has 2 aliphatic heterocycles. The van der Waals surface area contributed by atoms with Gasteiger partial charge in [0.2, 0.25) is 0 Å². The highest BCUT2D eigenvalue weighted by atomic mass is 127. The topological polar surface area (TPSA) is 32.3 Å². The van der Waals surface area contributed by atoms with E-state index in [1.54, 1.807) is 0 Å². The number of benzene rings is 1. The van der Waals surface area contributed by atoms with Crippen LogP contribution in [0.2, 0.25) is 0 Å². The van der Waals surface area contributed by atoms with E-state index in [2.05, 4.69) is 27.9 Å². The Morgan fingerprint density at radius 3 is 2.50 bits per heavy atom. The van der Waals surface area contributed by atoms with Crippen molar-refractivity contribution in [1.82, 2.24) is 10.2 Å². The smallest absolute Gasteiger partial charge is 0.254 e. The molecule has 0 bridgehead atoms. The number of halogens is 2. The van der Waals surface area contributed by atoms with Crippen LogP contribution >= 0.6 is 35.0 Å². The van der Waals surface area contributed by atoms with Gasteiger partial charge in [-0.3, -0.25) is 4.79 Å². The first-order valence-electron chi connectivity index (χ1n) is 6.95. The molecule has 3 rings (SSSR count). The predicted molar refractivity (Wildman–Crippen MR) is 91.5 cm³/mol. The maximum absolute atomic E-state index is 12.5. The summed E-state index contributed by atoms with van der Waals surface area (Å²) in [4.78, 5) is 14.6. The van der Waals surface area contributed by atoms with Crippen molar-refractivity contribution in [2.24, 2.45) is 5.41 Å². The number of nitrogens with zero attached hydrogens (tertiary/aromatic N) is 1. The van der Waals surface area contributed by atoms with Crippen LogP contribution in [-0.2, 0) is 0 Å². The van der Waals surface area contributed by atoms with E-state index in [-0.39, 0.29) is 18.3 Å². The maximum atomic E-state index is 12.5. The van der Waals surface area contributed by atoms with Crippen molar-refractivity contribution in [3.63, 3.8) is 0 Å². The molecule has 2 saturated heterocycles. The fraction of sp³-hybridized carbons (Fsp3) is 0.533. The van der Waals surface area contributed by atoms with Gasteiger partial charge in [-0.15, -0.1) is 12.4 Å². The summed E-state index contributed by atoms with van der Waals surface area (Å²) in [6.07, 6.45) is 3.57. The summed E-state index contributed by atoms with van der Waals surface area (Å²) in [7, 11) is 0. The Labute approximate surface area is 140 Å². The van der Waals surface area contributed by atoms with Gasteiger partial charge in [0.25, 0.3) is 5.91 Å². The SMILES string of the molecule is Cl.O=C(c1ccccc1I)N1CCC2(CCNC2)CC1. The van der Waals surface area contributed by atoms with Gasteiger partial charge in [-0.2, -0.15) is 0 Å². The fourth-order valence-corrected chi connectivity index (χ4v) is 3.83. The van der Waals surface area contributed by atoms with E-state index in [0.29, 0.717) is 5.41 Å². The molecule has 110 valence electrons. The number of carbonyl (C=O) groups is 1. The molecule has 2 fully saturated rings. The van der Waals surface area contributed by atoms with Crippen LogP contribution in [0.1, 0.15) is 29.6 Å². The second-order valence-electron chi connectivity index (χ2n) is 5.70. The number of hydrogen-bond donors (Lipinski definition) is 1. The molecule has 1 aromatic carbocycles. The molecule has 1 N–H and O–H groups in total. The summed E-state index contributed by atoms with van der Waals surface area (Å²) in [6, 6.07) is 7.86. The van der Waals surface area contributed by atoms with Crippen molar-refractivity contribution in [1.29, 1.82) is 0 Å². The van der Waals surface area contributed by atoms with Gasteiger partial charge in [-0.05, 0) is 65.9 Å². The quantitative estimate of drug-likeness (QED) is 0.727. The molecule has 0 saturated carbocycles. The molecule has 0 atom stereocenters. The van der Waals surface area contributed by atoms with Gasteiger partial charge in [0.05, 0.1) is 5.56 Å². The van der Waals surface area contributed by atoms with Crippen LogP contribution < -0.4 is 5.32 Å². The fourth-order valence-electron chi connectivity index (χ4n) is 3.21. The van der Waals surface area contributed by atoms with Crippen molar-refractivity contribution >= 4 is 40.9 Å². The molecule has 0 aromatic heterocycles. The number of carbonyl (C=O) groups excluding carboxylic acids is 1. The van der Waals surface area contributed by atoms with Gasteiger partial charge in [0.15, 0.2) is 0 Å². The second kappa shape index (κ2) is 6.62. The minimum atomic E-state index is 0. The van der Waals surface area contributed by atoms with Crippen LogP contribution in [0.4, 0.5) is 0 Å². The molecule has 3 nitrogen and oxygen atoms in total. The Balaban J connectivity index is 0.00000147. The second-order valence-corrected chi connectivity index (χ2v) is 6.86. The number of amides is 1. The van der Waals surface area contributed by atoms with E-state index in [0.717, 1.165) is 48.2 Å². The highest BCUT2D eigenvalue weighted by Crippen LogP contribution is 2.37. The Hall–Kier alpha value is -0.330. The van der Waals surface area contributed by atoms with E-state index in [1.807, 2.05) is 29.2 Å². The lowest BCUT2D eigenvalue weighted by molar-refractivity contribution is 0.0606. The summed E-state index contributed by atoms with van der Waals surface area (Å²) in [5.41, 5.74) is 1.32. The van der Waals surface area contributed by atoms with E-state index in [1.165, 1.54) is 6.42 Å². The zero-order chi connectivity index (χ0) is 13.3. The third kappa shape index (κ3) is 3.12. The van der Waals surface area contributed by atoms with E-state index < -0.39 is 0 Å². The molecular formula is C15H20ClIN2O. The molecular weight excluding hydrogens is 387 g/mol. The number of nitrogens with one attached hydrogen (secondary N) is 1. The van der Waals surface area contributed by atoms with Gasteiger partial charge < -0.3 is 10.2 Å². The van der Waals surface area contributed by atoms with Crippen LogP contribution in [0.3, 0.4) is 0 Å². The standard InChI is InChI=1S/C15H19IN2O.ClH/c16-13-4-2-1-3-12(13)14(19)18-9-6-15(7-10-18)5-8-17-11-15;/h1-4,17H,5-11H2;1H. The van der Waals surface area contributed by atoms with Gasteiger partial charge in [0, 0.05) is 23.2 Å². The first-order chi connectivity index (χ1) is 9.20. The zero-order valence-electron chi connectivity index (χ0n) is 11.4. The van der Waals surface area contributed by atoms with Crippen molar-refractivity contribution in [2.45, 2.75) is 19.3 Å². The Bertz CT molecular complexity index is 479. The van der Waals surface area contributed by atoms with E-state index >= 15 is 0 Å². The Kier molecular flexibility index (Phi) is 5.31. The highest BCUT2D eigenvalue weighted by Gasteiger charge is 2.38. The minimum absolute atomic E-state index is 0. The molecule has 1 aromatic rings. The largest absolute Gasteiger partial charge is 0.339 e. The summed E-state index contributed by atoms with van der Waals surface area (Å²) in [6.45, 7) is 4.10. The molecule has 0 unspecified atom stereocenters. The number of likely N-dealkylation sites (tertiary alicyclic amines) is 1. The summed E-state index contributed by atoms with van der Waals surface area (Å²) in [5, 5.41) is 3.46. The molecule has 1 spiro atoms. The lowest BCUT2D eigenvalue weighted by atomic mass is 9.78. The third-order valence-electron chi connectivity index (χ3n) is 4.55.